The van der Waals surface area contributed by atoms with Crippen LogP contribution in [0, 0.1) is 5.92 Å². The van der Waals surface area contributed by atoms with E-state index in [4.69, 9.17) is 9.40 Å². The maximum Gasteiger partial charge on any atom is 0.251 e. The lowest BCUT2D eigenvalue weighted by atomic mass is 9.90. The highest BCUT2D eigenvalue weighted by Gasteiger charge is 2.21. The van der Waals surface area contributed by atoms with E-state index in [-0.39, 0.29) is 17.9 Å². The number of fused-ring (bicyclic) bond motifs is 1. The van der Waals surface area contributed by atoms with E-state index in [1.807, 2.05) is 61.5 Å². The number of amides is 1. The Labute approximate surface area is 192 Å². The molecule has 1 amide bonds. The van der Waals surface area contributed by atoms with Gasteiger partial charge in [-0.25, -0.2) is 9.97 Å². The lowest BCUT2D eigenvalue weighted by molar-refractivity contribution is 0.0936. The number of nitrogens with zero attached hydrogens (tertiary/aromatic N) is 2. The zero-order valence-corrected chi connectivity index (χ0v) is 18.4. The van der Waals surface area contributed by atoms with Gasteiger partial charge in [-0.05, 0) is 49.2 Å². The molecule has 2 unspecified atom stereocenters. The standard InChI is InChI=1S/C27H24N4O2/c1-17-6-5-7-18(2)24(17)30-26(32)19-10-12-21(13-11-19)28-27-29-23-9-4-3-8-22(23)25(31-27)20-14-15-33-16-20/h3-17,24H,1-2H3,(H,30,32)(H,28,29,31). The largest absolute Gasteiger partial charge is 0.472 e. The zero-order valence-electron chi connectivity index (χ0n) is 18.4. The molecule has 4 aromatic rings. The number of hydrogen-bond acceptors (Lipinski definition) is 5. The van der Waals surface area contributed by atoms with Crippen LogP contribution in [-0.2, 0) is 0 Å². The van der Waals surface area contributed by atoms with Crippen LogP contribution in [0.4, 0.5) is 11.6 Å². The van der Waals surface area contributed by atoms with E-state index in [2.05, 4.69) is 28.6 Å². The fourth-order valence-corrected chi connectivity index (χ4v) is 4.07. The van der Waals surface area contributed by atoms with Crippen molar-refractivity contribution >= 4 is 28.4 Å². The molecule has 1 aliphatic rings. The fraction of sp³-hybridized carbons (Fsp3) is 0.148. The molecule has 2 aromatic heterocycles. The maximum atomic E-state index is 12.8. The van der Waals surface area contributed by atoms with Gasteiger partial charge in [0, 0.05) is 22.2 Å². The van der Waals surface area contributed by atoms with Crippen molar-refractivity contribution in [1.29, 1.82) is 0 Å². The van der Waals surface area contributed by atoms with E-state index < -0.39 is 0 Å². The first-order valence-corrected chi connectivity index (χ1v) is 10.9. The molecule has 0 saturated carbocycles. The van der Waals surface area contributed by atoms with Gasteiger partial charge in [-0.1, -0.05) is 48.9 Å². The summed E-state index contributed by atoms with van der Waals surface area (Å²) in [4.78, 5) is 22.1. The van der Waals surface area contributed by atoms with Crippen molar-refractivity contribution in [3.05, 3.63) is 96.5 Å². The molecule has 0 saturated heterocycles. The van der Waals surface area contributed by atoms with E-state index in [0.29, 0.717) is 11.5 Å². The smallest absolute Gasteiger partial charge is 0.251 e. The molecular weight excluding hydrogens is 412 g/mol. The lowest BCUT2D eigenvalue weighted by Gasteiger charge is -2.26. The molecule has 2 aromatic carbocycles. The SMILES string of the molecule is CC1=CC=CC(C)C1NC(=O)c1ccc(Nc2nc(-c3ccoc3)c3ccccc3n2)cc1. The van der Waals surface area contributed by atoms with Gasteiger partial charge < -0.3 is 15.1 Å². The Kier molecular flexibility index (Phi) is 5.48. The Morgan fingerprint density at radius 3 is 2.61 bits per heavy atom. The third-order valence-corrected chi connectivity index (χ3v) is 5.88. The Balaban J connectivity index is 1.36. The van der Waals surface area contributed by atoms with Crippen LogP contribution < -0.4 is 10.6 Å². The molecule has 2 N–H and O–H groups in total. The van der Waals surface area contributed by atoms with Gasteiger partial charge in [0.1, 0.15) is 0 Å². The first kappa shape index (κ1) is 20.7. The van der Waals surface area contributed by atoms with Gasteiger partial charge in [-0.15, -0.1) is 0 Å². The number of para-hydroxylation sites is 1. The summed E-state index contributed by atoms with van der Waals surface area (Å²) in [6.07, 6.45) is 9.48. The summed E-state index contributed by atoms with van der Waals surface area (Å²) >= 11 is 0. The molecule has 2 heterocycles. The summed E-state index contributed by atoms with van der Waals surface area (Å²) in [5.41, 5.74) is 5.07. The minimum absolute atomic E-state index is 0.00708. The normalized spacial score (nSPS) is 17.6. The van der Waals surface area contributed by atoms with Crippen LogP contribution in [0.5, 0.6) is 0 Å². The van der Waals surface area contributed by atoms with Crippen LogP contribution in [-0.4, -0.2) is 21.9 Å². The highest BCUT2D eigenvalue weighted by Crippen LogP contribution is 2.28. The topological polar surface area (TPSA) is 80.0 Å². The number of anilines is 2. The van der Waals surface area contributed by atoms with E-state index in [1.165, 1.54) is 0 Å². The molecule has 6 heteroatoms. The number of carbonyl (C=O) groups is 1. The van der Waals surface area contributed by atoms with Crippen LogP contribution in [0.3, 0.4) is 0 Å². The number of aromatic nitrogens is 2. The molecule has 0 aliphatic heterocycles. The molecule has 0 fully saturated rings. The van der Waals surface area contributed by atoms with Crippen LogP contribution in [0.1, 0.15) is 24.2 Å². The summed E-state index contributed by atoms with van der Waals surface area (Å²) in [5, 5.41) is 7.34. The second-order valence-electron chi connectivity index (χ2n) is 8.23. The number of nitrogens with one attached hydrogen (secondary N) is 2. The Hall–Kier alpha value is -4.19. The predicted molar refractivity (Wildman–Crippen MR) is 130 cm³/mol. The average Bonchev–Trinajstić information content (AvgIpc) is 3.36. The molecule has 0 radical (unpaired) electrons. The number of rotatable bonds is 5. The van der Waals surface area contributed by atoms with Gasteiger partial charge in [0.25, 0.3) is 5.91 Å². The molecular formula is C27H24N4O2. The molecule has 1 aliphatic carbocycles. The van der Waals surface area contributed by atoms with Gasteiger partial charge in [0.15, 0.2) is 0 Å². The molecule has 6 nitrogen and oxygen atoms in total. The quantitative estimate of drug-likeness (QED) is 0.408. The molecule has 5 rings (SSSR count). The fourth-order valence-electron chi connectivity index (χ4n) is 4.07. The Bertz CT molecular complexity index is 1350. The summed E-state index contributed by atoms with van der Waals surface area (Å²) in [5.74, 6) is 0.644. The van der Waals surface area contributed by atoms with Crippen molar-refractivity contribution in [3.8, 4) is 11.3 Å². The number of benzene rings is 2. The summed E-state index contributed by atoms with van der Waals surface area (Å²) in [6.45, 7) is 4.14. The monoisotopic (exact) mass is 436 g/mol. The predicted octanol–water partition coefficient (Wildman–Crippen LogP) is 5.88. The highest BCUT2D eigenvalue weighted by atomic mass is 16.3. The van der Waals surface area contributed by atoms with Crippen LogP contribution in [0.15, 0.2) is 95.3 Å². The second kappa shape index (κ2) is 8.74. The minimum Gasteiger partial charge on any atom is -0.472 e. The first-order valence-electron chi connectivity index (χ1n) is 10.9. The van der Waals surface area contributed by atoms with Crippen molar-refractivity contribution in [2.24, 2.45) is 5.92 Å². The van der Waals surface area contributed by atoms with Crippen LogP contribution >= 0.6 is 0 Å². The first-order chi connectivity index (χ1) is 16.1. The number of hydrogen-bond donors (Lipinski definition) is 2. The lowest BCUT2D eigenvalue weighted by Crippen LogP contribution is -2.40. The third-order valence-electron chi connectivity index (χ3n) is 5.88. The molecule has 164 valence electrons. The van der Waals surface area contributed by atoms with E-state index in [1.54, 1.807) is 24.7 Å². The van der Waals surface area contributed by atoms with E-state index >= 15 is 0 Å². The number of allylic oxidation sites excluding steroid dienone is 2. The van der Waals surface area contributed by atoms with Crippen molar-refractivity contribution < 1.29 is 9.21 Å². The molecule has 33 heavy (non-hydrogen) atoms. The average molecular weight is 437 g/mol. The van der Waals surface area contributed by atoms with Crippen molar-refractivity contribution in [3.63, 3.8) is 0 Å². The van der Waals surface area contributed by atoms with Crippen molar-refractivity contribution in [2.45, 2.75) is 19.9 Å². The summed E-state index contributed by atoms with van der Waals surface area (Å²) in [7, 11) is 0. The maximum absolute atomic E-state index is 12.8. The van der Waals surface area contributed by atoms with Crippen LogP contribution in [0.2, 0.25) is 0 Å². The Morgan fingerprint density at radius 2 is 1.85 bits per heavy atom. The van der Waals surface area contributed by atoms with Gasteiger partial charge in [0.2, 0.25) is 5.95 Å². The molecule has 0 bridgehead atoms. The molecule has 0 spiro atoms. The van der Waals surface area contributed by atoms with Gasteiger partial charge in [-0.2, -0.15) is 0 Å². The highest BCUT2D eigenvalue weighted by molar-refractivity contribution is 5.95. The van der Waals surface area contributed by atoms with Gasteiger partial charge >= 0.3 is 0 Å². The minimum atomic E-state index is -0.0920. The van der Waals surface area contributed by atoms with E-state index in [0.717, 1.165) is 33.4 Å². The number of furan rings is 1. The van der Waals surface area contributed by atoms with Crippen LogP contribution in [0.25, 0.3) is 22.2 Å². The third kappa shape index (κ3) is 4.28. The van der Waals surface area contributed by atoms with E-state index in [9.17, 15) is 4.79 Å². The zero-order chi connectivity index (χ0) is 22.8. The van der Waals surface area contributed by atoms with Crippen molar-refractivity contribution in [2.75, 3.05) is 5.32 Å². The van der Waals surface area contributed by atoms with Gasteiger partial charge in [0.05, 0.1) is 29.8 Å². The second-order valence-corrected chi connectivity index (χ2v) is 8.23. The van der Waals surface area contributed by atoms with Gasteiger partial charge in [-0.3, -0.25) is 4.79 Å². The van der Waals surface area contributed by atoms with Crippen molar-refractivity contribution in [1.82, 2.24) is 15.3 Å². The molecule has 2 atom stereocenters. The Morgan fingerprint density at radius 1 is 1.03 bits per heavy atom. The summed E-state index contributed by atoms with van der Waals surface area (Å²) in [6, 6.07) is 17.1. The number of carbonyl (C=O) groups excluding carboxylic acids is 1. The summed E-state index contributed by atoms with van der Waals surface area (Å²) < 4.78 is 5.25.